The highest BCUT2D eigenvalue weighted by atomic mass is 16.2. The lowest BCUT2D eigenvalue weighted by Gasteiger charge is -2.40. The zero-order valence-corrected chi connectivity index (χ0v) is 22.8. The number of rotatable bonds is 3. The maximum absolute atomic E-state index is 13.8. The molecule has 1 saturated heterocycles. The van der Waals surface area contributed by atoms with Gasteiger partial charge in [0, 0.05) is 29.8 Å². The fourth-order valence-electron chi connectivity index (χ4n) is 6.22. The Labute approximate surface area is 217 Å². The second kappa shape index (κ2) is 9.19. The molecule has 2 heterocycles. The second-order valence-corrected chi connectivity index (χ2v) is 12.3. The summed E-state index contributed by atoms with van der Waals surface area (Å²) < 4.78 is 0. The highest BCUT2D eigenvalue weighted by Crippen LogP contribution is 2.48. The van der Waals surface area contributed by atoms with Gasteiger partial charge in [-0.2, -0.15) is 0 Å². The number of anilines is 1. The molecule has 0 bridgehead atoms. The summed E-state index contributed by atoms with van der Waals surface area (Å²) in [7, 11) is 0. The number of hydrogen-bond donors (Lipinski definition) is 0. The van der Waals surface area contributed by atoms with E-state index in [0.29, 0.717) is 0 Å². The van der Waals surface area contributed by atoms with Crippen molar-refractivity contribution in [2.24, 2.45) is 0 Å². The van der Waals surface area contributed by atoms with Crippen molar-refractivity contribution in [3.63, 3.8) is 0 Å². The highest BCUT2D eigenvalue weighted by Gasteiger charge is 2.46. The van der Waals surface area contributed by atoms with Gasteiger partial charge >= 0.3 is 0 Å². The maximum Gasteiger partial charge on any atom is 0.258 e. The standard InChI is InChI=1S/C33H40N2O/c1-23-7-12-30-29(20-23)33(13-15-34(16-14-33)21-26-18-24(2)17-25(3)19-26)22-35(30)31(36)27-8-10-28(11-9-27)32(4,5)6/h7-12,17-20H,13-16,21-22H2,1-6H3. The molecule has 1 amide bonds. The summed E-state index contributed by atoms with van der Waals surface area (Å²) in [6.45, 7) is 17.1. The minimum atomic E-state index is 0.0430. The first-order chi connectivity index (χ1) is 17.0. The highest BCUT2D eigenvalue weighted by molar-refractivity contribution is 6.07. The van der Waals surface area contributed by atoms with Gasteiger partial charge in [-0.1, -0.05) is 79.9 Å². The fourth-order valence-corrected chi connectivity index (χ4v) is 6.22. The lowest BCUT2D eigenvalue weighted by Crippen LogP contribution is -2.45. The lowest BCUT2D eigenvalue weighted by molar-refractivity contribution is 0.0975. The van der Waals surface area contributed by atoms with E-state index in [4.69, 9.17) is 0 Å². The molecule has 3 aromatic carbocycles. The first kappa shape index (κ1) is 24.8. The Morgan fingerprint density at radius 1 is 0.833 bits per heavy atom. The van der Waals surface area contributed by atoms with E-state index < -0.39 is 0 Å². The summed E-state index contributed by atoms with van der Waals surface area (Å²) >= 11 is 0. The summed E-state index contributed by atoms with van der Waals surface area (Å²) in [5, 5.41) is 0. The number of piperidine rings is 1. The topological polar surface area (TPSA) is 23.6 Å². The number of aryl methyl sites for hydroxylation is 3. The van der Waals surface area contributed by atoms with Crippen LogP contribution in [0.1, 0.15) is 77.4 Å². The summed E-state index contributed by atoms with van der Waals surface area (Å²) in [4.78, 5) is 18.4. The zero-order valence-electron chi connectivity index (χ0n) is 22.8. The predicted octanol–water partition coefficient (Wildman–Crippen LogP) is 7.10. The number of amides is 1. The number of fused-ring (bicyclic) bond motifs is 2. The first-order valence-electron chi connectivity index (χ1n) is 13.4. The third-order valence-corrected chi connectivity index (χ3v) is 8.22. The molecule has 188 valence electrons. The van der Waals surface area contributed by atoms with Crippen LogP contribution in [0.2, 0.25) is 0 Å². The Hall–Kier alpha value is -2.91. The van der Waals surface area contributed by atoms with Crippen LogP contribution < -0.4 is 4.90 Å². The number of nitrogens with zero attached hydrogens (tertiary/aromatic N) is 2. The van der Waals surface area contributed by atoms with Gasteiger partial charge in [0.25, 0.3) is 5.91 Å². The van der Waals surface area contributed by atoms with Crippen molar-refractivity contribution in [2.75, 3.05) is 24.5 Å². The van der Waals surface area contributed by atoms with Crippen LogP contribution in [0, 0.1) is 20.8 Å². The van der Waals surface area contributed by atoms with Crippen molar-refractivity contribution < 1.29 is 4.79 Å². The molecule has 5 rings (SSSR count). The van der Waals surface area contributed by atoms with Crippen LogP contribution in [0.15, 0.2) is 60.7 Å². The van der Waals surface area contributed by atoms with Crippen molar-refractivity contribution in [3.8, 4) is 0 Å². The van der Waals surface area contributed by atoms with Gasteiger partial charge < -0.3 is 4.90 Å². The van der Waals surface area contributed by atoms with E-state index >= 15 is 0 Å². The van der Waals surface area contributed by atoms with E-state index in [-0.39, 0.29) is 16.7 Å². The molecule has 0 radical (unpaired) electrons. The van der Waals surface area contributed by atoms with E-state index in [9.17, 15) is 4.79 Å². The third kappa shape index (κ3) is 4.74. The Morgan fingerprint density at radius 3 is 2.08 bits per heavy atom. The normalized spacial score (nSPS) is 17.4. The van der Waals surface area contributed by atoms with Crippen LogP contribution in [-0.4, -0.2) is 30.4 Å². The largest absolute Gasteiger partial charge is 0.307 e. The molecule has 36 heavy (non-hydrogen) atoms. The van der Waals surface area contributed by atoms with Crippen LogP contribution in [0.5, 0.6) is 0 Å². The van der Waals surface area contributed by atoms with Crippen molar-refractivity contribution in [2.45, 2.75) is 71.8 Å². The van der Waals surface area contributed by atoms with Crippen molar-refractivity contribution >= 4 is 11.6 Å². The quantitative estimate of drug-likeness (QED) is 0.399. The van der Waals surface area contributed by atoms with Gasteiger partial charge in [0.1, 0.15) is 0 Å². The van der Waals surface area contributed by atoms with Crippen molar-refractivity contribution in [1.82, 2.24) is 4.90 Å². The number of likely N-dealkylation sites (tertiary alicyclic amines) is 1. The maximum atomic E-state index is 13.8. The molecule has 2 aliphatic heterocycles. The number of benzene rings is 3. The summed E-state index contributed by atoms with van der Waals surface area (Å²) in [5.41, 5.74) is 9.98. The van der Waals surface area contributed by atoms with Gasteiger partial charge in [-0.15, -0.1) is 0 Å². The van der Waals surface area contributed by atoms with Crippen LogP contribution >= 0.6 is 0 Å². The molecule has 3 nitrogen and oxygen atoms in total. The van der Waals surface area contributed by atoms with Gasteiger partial charge in [0.05, 0.1) is 0 Å². The van der Waals surface area contributed by atoms with Crippen molar-refractivity contribution in [3.05, 3.63) is 99.6 Å². The van der Waals surface area contributed by atoms with Crippen LogP contribution in [0.25, 0.3) is 0 Å². The molecular weight excluding hydrogens is 440 g/mol. The molecule has 1 spiro atoms. The number of carbonyl (C=O) groups excluding carboxylic acids is 1. The Bertz CT molecular complexity index is 1250. The average Bonchev–Trinajstić information content (AvgIpc) is 3.12. The van der Waals surface area contributed by atoms with Crippen molar-refractivity contribution in [1.29, 1.82) is 0 Å². The molecule has 0 aromatic heterocycles. The number of hydrogen-bond acceptors (Lipinski definition) is 2. The van der Waals surface area contributed by atoms with Gasteiger partial charge in [-0.05, 0) is 87.0 Å². The Balaban J connectivity index is 1.37. The van der Waals surface area contributed by atoms with Gasteiger partial charge in [0.2, 0.25) is 0 Å². The predicted molar refractivity (Wildman–Crippen MR) is 150 cm³/mol. The molecule has 0 unspecified atom stereocenters. The molecule has 3 aromatic rings. The van der Waals surface area contributed by atoms with E-state index in [1.54, 1.807) is 0 Å². The van der Waals surface area contributed by atoms with Crippen LogP contribution in [0.4, 0.5) is 5.69 Å². The molecule has 0 atom stereocenters. The molecular formula is C33H40N2O. The average molecular weight is 481 g/mol. The monoisotopic (exact) mass is 480 g/mol. The van der Waals surface area contributed by atoms with Crippen LogP contribution in [-0.2, 0) is 17.4 Å². The molecule has 1 fully saturated rings. The minimum absolute atomic E-state index is 0.0430. The summed E-state index contributed by atoms with van der Waals surface area (Å²) in [6.07, 6.45) is 2.17. The van der Waals surface area contributed by atoms with E-state index in [2.05, 4.69) is 99.9 Å². The van der Waals surface area contributed by atoms with E-state index in [1.807, 2.05) is 12.1 Å². The van der Waals surface area contributed by atoms with Crippen LogP contribution in [0.3, 0.4) is 0 Å². The van der Waals surface area contributed by atoms with Gasteiger partial charge in [-0.25, -0.2) is 0 Å². The zero-order chi connectivity index (χ0) is 25.7. The number of carbonyl (C=O) groups is 1. The lowest BCUT2D eigenvalue weighted by atomic mass is 9.74. The first-order valence-corrected chi connectivity index (χ1v) is 13.4. The second-order valence-electron chi connectivity index (χ2n) is 12.3. The molecule has 0 saturated carbocycles. The Morgan fingerprint density at radius 2 is 1.47 bits per heavy atom. The minimum Gasteiger partial charge on any atom is -0.307 e. The van der Waals surface area contributed by atoms with E-state index in [0.717, 1.165) is 50.3 Å². The van der Waals surface area contributed by atoms with Gasteiger partial charge in [0.15, 0.2) is 0 Å². The SMILES string of the molecule is Cc1cc(C)cc(CN2CCC3(CC2)CN(C(=O)c2ccc(C(C)(C)C)cc2)c2ccc(C)cc23)c1. The third-order valence-electron chi connectivity index (χ3n) is 8.22. The summed E-state index contributed by atoms with van der Waals surface area (Å²) in [6, 6.07) is 21.8. The summed E-state index contributed by atoms with van der Waals surface area (Å²) in [5.74, 6) is 0.120. The molecule has 0 aliphatic carbocycles. The molecule has 0 N–H and O–H groups in total. The molecule has 2 aliphatic rings. The Kier molecular flexibility index (Phi) is 6.32. The van der Waals surface area contributed by atoms with Gasteiger partial charge in [-0.3, -0.25) is 9.69 Å². The fraction of sp³-hybridized carbons (Fsp3) is 0.424. The molecule has 3 heteroatoms. The smallest absolute Gasteiger partial charge is 0.258 e. The van der Waals surface area contributed by atoms with E-state index in [1.165, 1.54) is 33.4 Å².